The van der Waals surface area contributed by atoms with E-state index in [4.69, 9.17) is 0 Å². The third kappa shape index (κ3) is 4.89. The second-order valence-electron chi connectivity index (χ2n) is 8.09. The number of carboxylic acids is 1. The topological polar surface area (TPSA) is 110 Å². The number of Topliss-reactive ketones (excluding diaryl/α,β-unsaturated/α-hetero) is 1. The fourth-order valence-corrected chi connectivity index (χ4v) is 4.08. The number of aromatic nitrogens is 4. The van der Waals surface area contributed by atoms with Crippen LogP contribution in [0.25, 0.3) is 11.5 Å². The molecule has 1 aliphatic carbocycles. The molecule has 1 aromatic carbocycles. The van der Waals surface area contributed by atoms with Crippen LogP contribution in [0, 0.1) is 17.6 Å². The number of nitrogens with one attached hydrogen (secondary N) is 1. The van der Waals surface area contributed by atoms with Gasteiger partial charge in [-0.2, -0.15) is 5.10 Å². The molecule has 8 nitrogen and oxygen atoms in total. The number of aliphatic carboxylic acids is 1. The van der Waals surface area contributed by atoms with Crippen molar-refractivity contribution >= 4 is 17.6 Å². The molecule has 0 amide bonds. The number of hydrogen-bond donors (Lipinski definition) is 2. The highest BCUT2D eigenvalue weighted by Crippen LogP contribution is 2.28. The standard InChI is InChI=1S/C23H23F2N5O3/c1-13(31)20-10-19(29-30(20)12-14-6-2-4-8-16(14)24)22-26-11-17(25)21(28-22)27-18-9-5-3-7-15(18)23(32)33/h2,4,6,8,10-11,15,18H,3,5,7,9,12H2,1H3,(H,32,33)(H,26,27,28)/t15-,18-/m1/s1. The van der Waals surface area contributed by atoms with Gasteiger partial charge in [0.2, 0.25) is 0 Å². The Labute approximate surface area is 188 Å². The zero-order chi connectivity index (χ0) is 23.5. The van der Waals surface area contributed by atoms with Gasteiger partial charge in [0.25, 0.3) is 0 Å². The normalized spacial score (nSPS) is 18.2. The molecule has 2 heterocycles. The molecule has 1 aliphatic rings. The Morgan fingerprint density at radius 2 is 1.94 bits per heavy atom. The summed E-state index contributed by atoms with van der Waals surface area (Å²) in [5.74, 6) is -3.04. The fourth-order valence-electron chi connectivity index (χ4n) is 4.08. The van der Waals surface area contributed by atoms with Crippen LogP contribution in [-0.4, -0.2) is 42.6 Å². The first-order valence-corrected chi connectivity index (χ1v) is 10.7. The van der Waals surface area contributed by atoms with Gasteiger partial charge in [-0.1, -0.05) is 31.0 Å². The summed E-state index contributed by atoms with van der Waals surface area (Å²) in [5.41, 5.74) is 0.806. The van der Waals surface area contributed by atoms with Crippen molar-refractivity contribution in [1.29, 1.82) is 0 Å². The van der Waals surface area contributed by atoms with Crippen LogP contribution in [0.5, 0.6) is 0 Å². The van der Waals surface area contributed by atoms with Crippen molar-refractivity contribution in [2.45, 2.75) is 45.2 Å². The van der Waals surface area contributed by atoms with Gasteiger partial charge < -0.3 is 10.4 Å². The minimum atomic E-state index is -0.931. The van der Waals surface area contributed by atoms with Crippen LogP contribution in [-0.2, 0) is 11.3 Å². The van der Waals surface area contributed by atoms with Crippen molar-refractivity contribution in [3.63, 3.8) is 0 Å². The maximum atomic E-state index is 14.5. The SMILES string of the molecule is CC(=O)c1cc(-c2ncc(F)c(N[C@@H]3CCCC[C@H]3C(=O)O)n2)nn1Cc1ccccc1F. The van der Waals surface area contributed by atoms with E-state index in [1.54, 1.807) is 18.2 Å². The van der Waals surface area contributed by atoms with Gasteiger partial charge in [0, 0.05) is 18.5 Å². The van der Waals surface area contributed by atoms with Gasteiger partial charge >= 0.3 is 5.97 Å². The summed E-state index contributed by atoms with van der Waals surface area (Å²) in [6.45, 7) is 1.39. The van der Waals surface area contributed by atoms with Gasteiger partial charge in [0.15, 0.2) is 23.2 Å². The molecule has 1 fully saturated rings. The molecule has 1 saturated carbocycles. The predicted molar refractivity (Wildman–Crippen MR) is 116 cm³/mol. The van der Waals surface area contributed by atoms with Gasteiger partial charge in [0.05, 0.1) is 18.7 Å². The van der Waals surface area contributed by atoms with Crippen LogP contribution in [0.1, 0.15) is 48.7 Å². The van der Waals surface area contributed by atoms with E-state index >= 15 is 0 Å². The smallest absolute Gasteiger partial charge is 0.308 e. The Hall–Kier alpha value is -3.69. The summed E-state index contributed by atoms with van der Waals surface area (Å²) >= 11 is 0. The summed E-state index contributed by atoms with van der Waals surface area (Å²) in [6, 6.07) is 7.19. The molecule has 0 aliphatic heterocycles. The summed E-state index contributed by atoms with van der Waals surface area (Å²) in [5, 5.41) is 16.8. The highest BCUT2D eigenvalue weighted by Gasteiger charge is 2.31. The van der Waals surface area contributed by atoms with Crippen LogP contribution in [0.4, 0.5) is 14.6 Å². The molecule has 0 spiro atoms. The second-order valence-corrected chi connectivity index (χ2v) is 8.09. The van der Waals surface area contributed by atoms with E-state index in [0.717, 1.165) is 19.0 Å². The minimum absolute atomic E-state index is 0.0241. The van der Waals surface area contributed by atoms with Gasteiger partial charge in [0.1, 0.15) is 17.2 Å². The van der Waals surface area contributed by atoms with Gasteiger partial charge in [-0.15, -0.1) is 0 Å². The first-order valence-electron chi connectivity index (χ1n) is 10.7. The quantitative estimate of drug-likeness (QED) is 0.520. The summed E-state index contributed by atoms with van der Waals surface area (Å²) in [7, 11) is 0. The number of rotatable bonds is 7. The van der Waals surface area contributed by atoms with E-state index in [1.807, 2.05) is 0 Å². The zero-order valence-corrected chi connectivity index (χ0v) is 18.0. The number of carboxylic acid groups (broad SMARTS) is 1. The zero-order valence-electron chi connectivity index (χ0n) is 18.0. The van der Waals surface area contributed by atoms with E-state index in [9.17, 15) is 23.5 Å². The molecule has 33 heavy (non-hydrogen) atoms. The second kappa shape index (κ2) is 9.43. The van der Waals surface area contributed by atoms with Crippen molar-refractivity contribution in [3.05, 3.63) is 59.4 Å². The number of carbonyl (C=O) groups excluding carboxylic acids is 1. The number of anilines is 1. The monoisotopic (exact) mass is 455 g/mol. The Morgan fingerprint density at radius 1 is 1.18 bits per heavy atom. The molecular formula is C23H23F2N5O3. The summed E-state index contributed by atoms with van der Waals surface area (Å²) < 4.78 is 29.9. The lowest BCUT2D eigenvalue weighted by molar-refractivity contribution is -0.143. The molecule has 2 N–H and O–H groups in total. The Morgan fingerprint density at radius 3 is 2.67 bits per heavy atom. The van der Waals surface area contributed by atoms with E-state index in [2.05, 4.69) is 20.4 Å². The van der Waals surface area contributed by atoms with Gasteiger partial charge in [-0.3, -0.25) is 14.3 Å². The molecule has 0 radical (unpaired) electrons. The molecule has 2 aromatic heterocycles. The van der Waals surface area contributed by atoms with E-state index < -0.39 is 29.6 Å². The molecule has 10 heteroatoms. The van der Waals surface area contributed by atoms with Crippen LogP contribution < -0.4 is 5.32 Å². The van der Waals surface area contributed by atoms with Crippen LogP contribution >= 0.6 is 0 Å². The Bertz CT molecular complexity index is 1200. The number of benzene rings is 1. The van der Waals surface area contributed by atoms with E-state index in [0.29, 0.717) is 18.4 Å². The number of halogens is 2. The van der Waals surface area contributed by atoms with Crippen LogP contribution in [0.3, 0.4) is 0 Å². The molecular weight excluding hydrogens is 432 g/mol. The average molecular weight is 455 g/mol. The lowest BCUT2D eigenvalue weighted by atomic mass is 9.84. The third-order valence-electron chi connectivity index (χ3n) is 5.80. The molecule has 0 saturated heterocycles. The highest BCUT2D eigenvalue weighted by atomic mass is 19.1. The van der Waals surface area contributed by atoms with Crippen molar-refractivity contribution in [2.24, 2.45) is 5.92 Å². The van der Waals surface area contributed by atoms with Crippen molar-refractivity contribution in [3.8, 4) is 11.5 Å². The number of ketones is 1. The minimum Gasteiger partial charge on any atom is -0.481 e. The van der Waals surface area contributed by atoms with E-state index in [-0.39, 0.29) is 35.4 Å². The van der Waals surface area contributed by atoms with Gasteiger partial charge in [-0.05, 0) is 25.0 Å². The third-order valence-corrected chi connectivity index (χ3v) is 5.80. The molecule has 0 bridgehead atoms. The van der Waals surface area contributed by atoms with Gasteiger partial charge in [-0.25, -0.2) is 18.7 Å². The number of hydrogen-bond acceptors (Lipinski definition) is 6. The Kier molecular flexibility index (Phi) is 6.43. The number of carbonyl (C=O) groups is 2. The summed E-state index contributed by atoms with van der Waals surface area (Å²) in [6.07, 6.45) is 3.71. The van der Waals surface area contributed by atoms with E-state index in [1.165, 1.54) is 23.7 Å². The summed E-state index contributed by atoms with van der Waals surface area (Å²) in [4.78, 5) is 31.9. The molecule has 0 unspecified atom stereocenters. The van der Waals surface area contributed by atoms with Crippen LogP contribution in [0.2, 0.25) is 0 Å². The number of nitrogens with zero attached hydrogens (tertiary/aromatic N) is 4. The maximum Gasteiger partial charge on any atom is 0.308 e. The van der Waals surface area contributed by atoms with Crippen molar-refractivity contribution in [2.75, 3.05) is 5.32 Å². The molecule has 3 aromatic rings. The predicted octanol–water partition coefficient (Wildman–Crippen LogP) is 3.92. The molecule has 4 rings (SSSR count). The van der Waals surface area contributed by atoms with Crippen molar-refractivity contribution < 1.29 is 23.5 Å². The molecule has 2 atom stereocenters. The lowest BCUT2D eigenvalue weighted by Gasteiger charge is -2.29. The largest absolute Gasteiger partial charge is 0.481 e. The maximum absolute atomic E-state index is 14.5. The molecule has 172 valence electrons. The first-order chi connectivity index (χ1) is 15.8. The Balaban J connectivity index is 1.65. The fraction of sp³-hybridized carbons (Fsp3) is 0.348. The first kappa shape index (κ1) is 22.5. The lowest BCUT2D eigenvalue weighted by Crippen LogP contribution is -2.37. The highest BCUT2D eigenvalue weighted by molar-refractivity contribution is 5.93. The van der Waals surface area contributed by atoms with Crippen molar-refractivity contribution in [1.82, 2.24) is 19.7 Å². The average Bonchev–Trinajstić information content (AvgIpc) is 3.21. The van der Waals surface area contributed by atoms with Crippen LogP contribution in [0.15, 0.2) is 36.5 Å².